The van der Waals surface area contributed by atoms with Gasteiger partial charge in [-0.25, -0.2) is 9.79 Å². The lowest BCUT2D eigenvalue weighted by atomic mass is 10.1. The van der Waals surface area contributed by atoms with Crippen molar-refractivity contribution in [1.29, 1.82) is 0 Å². The van der Waals surface area contributed by atoms with Crippen molar-refractivity contribution in [2.75, 3.05) is 0 Å². The highest BCUT2D eigenvalue weighted by Crippen LogP contribution is 2.33. The lowest BCUT2D eigenvalue weighted by Gasteiger charge is -2.03. The molecule has 2 heterocycles. The smallest absolute Gasteiger partial charge is 0.363 e. The quantitative estimate of drug-likeness (QED) is 0.270. The number of aryl methyl sites for hydroxylation is 1. The zero-order valence-electron chi connectivity index (χ0n) is 15.0. The average Bonchev–Trinajstić information content (AvgIpc) is 3.25. The fourth-order valence-corrected chi connectivity index (χ4v) is 3.05. The Kier molecular flexibility index (Phi) is 4.69. The third-order valence-corrected chi connectivity index (χ3v) is 4.56. The fourth-order valence-electron chi connectivity index (χ4n) is 2.83. The number of carbonyl (C=O) groups is 1. The molecule has 1 aliphatic heterocycles. The molecule has 0 fully saturated rings. The molecule has 0 saturated heterocycles. The van der Waals surface area contributed by atoms with Crippen LogP contribution >= 0.6 is 11.6 Å². The second-order valence-electron chi connectivity index (χ2n) is 6.13. The Balaban J connectivity index is 1.73. The van der Waals surface area contributed by atoms with Gasteiger partial charge in [-0.15, -0.1) is 0 Å². The van der Waals surface area contributed by atoms with E-state index >= 15 is 0 Å². The van der Waals surface area contributed by atoms with E-state index in [9.17, 15) is 14.9 Å². The number of cyclic esters (lactones) is 1. The summed E-state index contributed by atoms with van der Waals surface area (Å²) in [6.07, 6.45) is 1.48. The summed E-state index contributed by atoms with van der Waals surface area (Å²) in [5, 5.41) is 15.3. The average molecular weight is 410 g/mol. The van der Waals surface area contributed by atoms with Gasteiger partial charge >= 0.3 is 5.97 Å². The first kappa shape index (κ1) is 18.6. The van der Waals surface area contributed by atoms with Gasteiger partial charge in [0.1, 0.15) is 17.0 Å². The van der Waals surface area contributed by atoms with Gasteiger partial charge in [-0.2, -0.15) is 0 Å². The highest BCUT2D eigenvalue weighted by Gasteiger charge is 2.30. The molecule has 1 aromatic heterocycles. The Morgan fingerprint density at radius 3 is 2.55 bits per heavy atom. The third kappa shape index (κ3) is 3.53. The number of benzene rings is 2. The first-order chi connectivity index (χ1) is 13.9. The van der Waals surface area contributed by atoms with E-state index in [1.54, 1.807) is 31.2 Å². The lowest BCUT2D eigenvalue weighted by molar-refractivity contribution is -0.384. The van der Waals surface area contributed by atoms with Crippen molar-refractivity contribution < 1.29 is 19.0 Å². The van der Waals surface area contributed by atoms with E-state index < -0.39 is 10.9 Å². The monoisotopic (exact) mass is 409 g/mol. The molecule has 0 aliphatic carbocycles. The molecule has 0 radical (unpaired) electrons. The topological polar surface area (TPSA) is 108 Å². The number of non-ortho nitro benzene ring substituents is 1. The maximum Gasteiger partial charge on any atom is 0.363 e. The van der Waals surface area contributed by atoms with E-state index in [-0.39, 0.29) is 17.3 Å². The van der Waals surface area contributed by atoms with Crippen LogP contribution in [0.5, 0.6) is 0 Å². The molecule has 144 valence electrons. The summed E-state index contributed by atoms with van der Waals surface area (Å²) in [6, 6.07) is 12.8. The van der Waals surface area contributed by atoms with Gasteiger partial charge in [0.25, 0.3) is 5.69 Å². The number of halogens is 1. The highest BCUT2D eigenvalue weighted by atomic mass is 35.5. The van der Waals surface area contributed by atoms with Crippen LogP contribution in [0.3, 0.4) is 0 Å². The van der Waals surface area contributed by atoms with Gasteiger partial charge in [-0.05, 0) is 36.8 Å². The van der Waals surface area contributed by atoms with Crippen LogP contribution in [0.25, 0.3) is 17.3 Å². The van der Waals surface area contributed by atoms with Crippen molar-refractivity contribution in [1.82, 2.24) is 5.16 Å². The van der Waals surface area contributed by atoms with Crippen molar-refractivity contribution in [3.05, 3.63) is 86.3 Å². The Labute approximate surface area is 169 Å². The van der Waals surface area contributed by atoms with E-state index in [2.05, 4.69) is 10.1 Å². The fraction of sp³-hybridized carbons (Fsp3) is 0.0500. The Morgan fingerprint density at radius 2 is 1.86 bits per heavy atom. The lowest BCUT2D eigenvalue weighted by Crippen LogP contribution is -2.07. The van der Waals surface area contributed by atoms with Crippen LogP contribution in [0.15, 0.2) is 63.7 Å². The number of aliphatic imine (C=N–C) groups is 1. The van der Waals surface area contributed by atoms with Crippen LogP contribution in [0, 0.1) is 17.0 Å². The molecule has 0 unspecified atom stereocenters. The summed E-state index contributed by atoms with van der Waals surface area (Å²) in [4.78, 5) is 26.8. The molecule has 0 bridgehead atoms. The number of carbonyl (C=O) groups excluding carboxylic acids is 1. The molecule has 2 aromatic carbocycles. The van der Waals surface area contributed by atoms with Gasteiger partial charge in [0.2, 0.25) is 5.90 Å². The predicted molar refractivity (Wildman–Crippen MR) is 105 cm³/mol. The van der Waals surface area contributed by atoms with Crippen molar-refractivity contribution >= 4 is 35.2 Å². The second-order valence-corrected chi connectivity index (χ2v) is 6.53. The molecule has 0 amide bonds. The summed E-state index contributed by atoms with van der Waals surface area (Å²) in [7, 11) is 0. The maximum atomic E-state index is 12.3. The molecule has 8 nitrogen and oxygen atoms in total. The predicted octanol–water partition coefficient (Wildman–Crippen LogP) is 4.56. The van der Waals surface area contributed by atoms with E-state index in [4.69, 9.17) is 20.9 Å². The molecule has 1 aliphatic rings. The number of nitro benzene ring substituents is 1. The van der Waals surface area contributed by atoms with Crippen LogP contribution in [-0.2, 0) is 9.53 Å². The van der Waals surface area contributed by atoms with E-state index in [0.29, 0.717) is 33.2 Å². The number of nitro groups is 1. The SMILES string of the molecule is Cc1onc(-c2ccccc2Cl)c1C1=N/C(=C\c2ccc([N+](=O)[O-])cc2)C(=O)O1. The number of ether oxygens (including phenoxy) is 1. The summed E-state index contributed by atoms with van der Waals surface area (Å²) in [5.74, 6) is -0.177. The van der Waals surface area contributed by atoms with Crippen molar-refractivity contribution in [2.24, 2.45) is 4.99 Å². The zero-order chi connectivity index (χ0) is 20.5. The van der Waals surface area contributed by atoms with Gasteiger partial charge in [0.05, 0.1) is 9.95 Å². The largest absolute Gasteiger partial charge is 0.402 e. The number of hydrogen-bond donors (Lipinski definition) is 0. The van der Waals surface area contributed by atoms with E-state index in [0.717, 1.165) is 0 Å². The Morgan fingerprint density at radius 1 is 1.14 bits per heavy atom. The van der Waals surface area contributed by atoms with Crippen LogP contribution in [0.4, 0.5) is 5.69 Å². The number of esters is 1. The molecule has 0 N–H and O–H groups in total. The van der Waals surface area contributed by atoms with Gasteiger partial charge in [-0.3, -0.25) is 10.1 Å². The highest BCUT2D eigenvalue weighted by molar-refractivity contribution is 6.33. The molecule has 29 heavy (non-hydrogen) atoms. The molecule has 0 saturated carbocycles. The van der Waals surface area contributed by atoms with Crippen LogP contribution in [0.1, 0.15) is 16.9 Å². The van der Waals surface area contributed by atoms with Crippen LogP contribution in [0.2, 0.25) is 5.02 Å². The van der Waals surface area contributed by atoms with Crippen molar-refractivity contribution in [3.8, 4) is 11.3 Å². The van der Waals surface area contributed by atoms with Gasteiger partial charge in [0.15, 0.2) is 5.70 Å². The zero-order valence-corrected chi connectivity index (χ0v) is 15.7. The van der Waals surface area contributed by atoms with E-state index in [1.165, 1.54) is 30.3 Å². The molecular formula is C20H12ClN3O5. The first-order valence-corrected chi connectivity index (χ1v) is 8.80. The van der Waals surface area contributed by atoms with Crippen molar-refractivity contribution in [3.63, 3.8) is 0 Å². The normalized spacial score (nSPS) is 14.8. The van der Waals surface area contributed by atoms with Gasteiger partial charge in [-0.1, -0.05) is 35.0 Å². The minimum absolute atomic E-state index is 0.0465. The number of aromatic nitrogens is 1. The minimum atomic E-state index is -0.649. The molecular weight excluding hydrogens is 398 g/mol. The third-order valence-electron chi connectivity index (χ3n) is 4.23. The molecule has 3 aromatic rings. The number of nitrogens with zero attached hydrogens (tertiary/aromatic N) is 3. The summed E-state index contributed by atoms with van der Waals surface area (Å²) in [5.41, 5.74) is 2.04. The standard InChI is InChI=1S/C20H12ClN3O5/c1-11-17(18(23-29-11)14-4-2-3-5-15(14)21)19-22-16(20(25)28-19)10-12-6-8-13(9-7-12)24(26)27/h2-10H,1H3/b16-10-. The second kappa shape index (κ2) is 7.33. The summed E-state index contributed by atoms with van der Waals surface area (Å²) in [6.45, 7) is 1.68. The first-order valence-electron chi connectivity index (χ1n) is 8.42. The Hall–Kier alpha value is -3.78. The Bertz CT molecular complexity index is 1200. The molecule has 4 rings (SSSR count). The van der Waals surface area contributed by atoms with Crippen LogP contribution in [-0.4, -0.2) is 21.9 Å². The van der Waals surface area contributed by atoms with Crippen molar-refractivity contribution in [2.45, 2.75) is 6.92 Å². The summed E-state index contributed by atoms with van der Waals surface area (Å²) < 4.78 is 10.6. The van der Waals surface area contributed by atoms with Gasteiger partial charge in [0, 0.05) is 17.7 Å². The van der Waals surface area contributed by atoms with Crippen LogP contribution < -0.4 is 0 Å². The maximum absolute atomic E-state index is 12.3. The molecule has 9 heteroatoms. The number of rotatable bonds is 4. The van der Waals surface area contributed by atoms with E-state index in [1.807, 2.05) is 0 Å². The molecule has 0 spiro atoms. The minimum Gasteiger partial charge on any atom is -0.402 e. The van der Waals surface area contributed by atoms with Gasteiger partial charge < -0.3 is 9.26 Å². The molecule has 0 atom stereocenters. The number of hydrogen-bond acceptors (Lipinski definition) is 7. The summed E-state index contributed by atoms with van der Waals surface area (Å²) >= 11 is 6.26.